The first-order valence-corrected chi connectivity index (χ1v) is 6.19. The molecule has 1 amide bonds. The zero-order chi connectivity index (χ0) is 10.9. The van der Waals surface area contributed by atoms with E-state index in [4.69, 9.17) is 5.73 Å². The van der Waals surface area contributed by atoms with Crippen molar-refractivity contribution in [2.24, 2.45) is 11.7 Å². The minimum Gasteiger partial charge on any atom is -0.353 e. The SMILES string of the molecule is CC1(N)CCCCC1C(=O)NC1CCC1.Cl. The van der Waals surface area contributed by atoms with Crippen molar-refractivity contribution in [1.29, 1.82) is 0 Å². The molecule has 2 rings (SSSR count). The van der Waals surface area contributed by atoms with Gasteiger partial charge in [-0.15, -0.1) is 12.4 Å². The summed E-state index contributed by atoms with van der Waals surface area (Å²) in [6, 6.07) is 0.440. The molecule has 2 aliphatic carbocycles. The molecule has 2 aliphatic rings. The van der Waals surface area contributed by atoms with Crippen molar-refractivity contribution in [3.63, 3.8) is 0 Å². The summed E-state index contributed by atoms with van der Waals surface area (Å²) in [6.45, 7) is 2.02. The predicted molar refractivity (Wildman–Crippen MR) is 67.6 cm³/mol. The normalized spacial score (nSPS) is 34.8. The third kappa shape index (κ3) is 2.89. The van der Waals surface area contributed by atoms with Crippen molar-refractivity contribution in [2.45, 2.75) is 63.5 Å². The highest BCUT2D eigenvalue weighted by atomic mass is 35.5. The Morgan fingerprint density at radius 1 is 1.25 bits per heavy atom. The van der Waals surface area contributed by atoms with Crippen LogP contribution in [0.1, 0.15) is 51.9 Å². The van der Waals surface area contributed by atoms with Gasteiger partial charge in [0.25, 0.3) is 0 Å². The summed E-state index contributed by atoms with van der Waals surface area (Å²) in [6.07, 6.45) is 7.83. The quantitative estimate of drug-likeness (QED) is 0.783. The number of carbonyl (C=O) groups excluding carboxylic acids is 1. The average molecular weight is 247 g/mol. The first-order chi connectivity index (χ1) is 7.09. The Morgan fingerprint density at radius 2 is 1.94 bits per heavy atom. The van der Waals surface area contributed by atoms with Crippen molar-refractivity contribution in [3.05, 3.63) is 0 Å². The molecule has 4 heteroatoms. The number of nitrogens with one attached hydrogen (secondary N) is 1. The Morgan fingerprint density at radius 3 is 2.44 bits per heavy atom. The molecular weight excluding hydrogens is 224 g/mol. The molecule has 0 aromatic heterocycles. The van der Waals surface area contributed by atoms with E-state index in [-0.39, 0.29) is 29.8 Å². The lowest BCUT2D eigenvalue weighted by Gasteiger charge is -2.39. The van der Waals surface area contributed by atoms with Gasteiger partial charge in [0.1, 0.15) is 0 Å². The van der Waals surface area contributed by atoms with Crippen LogP contribution in [0.25, 0.3) is 0 Å². The van der Waals surface area contributed by atoms with Gasteiger partial charge in [-0.05, 0) is 39.0 Å². The molecule has 0 saturated heterocycles. The molecule has 94 valence electrons. The monoisotopic (exact) mass is 246 g/mol. The second-order valence-electron chi connectivity index (χ2n) is 5.44. The van der Waals surface area contributed by atoms with Crippen LogP contribution < -0.4 is 11.1 Å². The first kappa shape index (κ1) is 13.8. The Labute approximate surface area is 104 Å². The van der Waals surface area contributed by atoms with Crippen LogP contribution in [0, 0.1) is 5.92 Å². The van der Waals surface area contributed by atoms with Gasteiger partial charge in [-0.25, -0.2) is 0 Å². The van der Waals surface area contributed by atoms with E-state index >= 15 is 0 Å². The molecule has 3 nitrogen and oxygen atoms in total. The maximum Gasteiger partial charge on any atom is 0.225 e. The van der Waals surface area contributed by atoms with Gasteiger partial charge < -0.3 is 11.1 Å². The van der Waals surface area contributed by atoms with Gasteiger partial charge in [0, 0.05) is 11.6 Å². The van der Waals surface area contributed by atoms with Crippen LogP contribution in [0.15, 0.2) is 0 Å². The van der Waals surface area contributed by atoms with Crippen LogP contribution in [0.5, 0.6) is 0 Å². The molecule has 0 heterocycles. The lowest BCUT2D eigenvalue weighted by atomic mass is 9.74. The molecule has 16 heavy (non-hydrogen) atoms. The first-order valence-electron chi connectivity index (χ1n) is 6.19. The fraction of sp³-hybridized carbons (Fsp3) is 0.917. The highest BCUT2D eigenvalue weighted by Crippen LogP contribution is 2.32. The van der Waals surface area contributed by atoms with E-state index in [0.717, 1.165) is 32.1 Å². The molecule has 2 unspecified atom stereocenters. The van der Waals surface area contributed by atoms with Crippen molar-refractivity contribution in [1.82, 2.24) is 5.32 Å². The molecule has 3 N–H and O–H groups in total. The summed E-state index contributed by atoms with van der Waals surface area (Å²) in [4.78, 5) is 12.0. The maximum absolute atomic E-state index is 12.0. The number of carbonyl (C=O) groups is 1. The fourth-order valence-electron chi connectivity index (χ4n) is 2.64. The van der Waals surface area contributed by atoms with E-state index < -0.39 is 0 Å². The molecule has 0 radical (unpaired) electrons. The Balaban J connectivity index is 0.00000128. The summed E-state index contributed by atoms with van der Waals surface area (Å²) in [7, 11) is 0. The third-order valence-corrected chi connectivity index (χ3v) is 4.02. The molecule has 0 aliphatic heterocycles. The van der Waals surface area contributed by atoms with Crippen molar-refractivity contribution in [2.75, 3.05) is 0 Å². The second-order valence-corrected chi connectivity index (χ2v) is 5.44. The van der Waals surface area contributed by atoms with Crippen LogP contribution in [-0.2, 0) is 4.79 Å². The summed E-state index contributed by atoms with van der Waals surface area (Å²) >= 11 is 0. The highest BCUT2D eigenvalue weighted by Gasteiger charge is 2.38. The number of hydrogen-bond acceptors (Lipinski definition) is 2. The van der Waals surface area contributed by atoms with E-state index in [1.165, 1.54) is 12.8 Å². The van der Waals surface area contributed by atoms with Gasteiger partial charge in [-0.3, -0.25) is 4.79 Å². The smallest absolute Gasteiger partial charge is 0.225 e. The van der Waals surface area contributed by atoms with Gasteiger partial charge in [0.15, 0.2) is 0 Å². The van der Waals surface area contributed by atoms with Gasteiger partial charge >= 0.3 is 0 Å². The second kappa shape index (κ2) is 5.37. The van der Waals surface area contributed by atoms with E-state index in [2.05, 4.69) is 5.32 Å². The van der Waals surface area contributed by atoms with Crippen molar-refractivity contribution >= 4 is 18.3 Å². The minimum atomic E-state index is -0.286. The van der Waals surface area contributed by atoms with Gasteiger partial charge in [-0.2, -0.15) is 0 Å². The van der Waals surface area contributed by atoms with Gasteiger partial charge in [0.2, 0.25) is 5.91 Å². The maximum atomic E-state index is 12.0. The molecule has 2 saturated carbocycles. The Hall–Kier alpha value is -0.280. The number of amides is 1. The molecule has 0 spiro atoms. The lowest BCUT2D eigenvalue weighted by Crippen LogP contribution is -2.55. The lowest BCUT2D eigenvalue weighted by molar-refractivity contribution is -0.129. The molecule has 2 fully saturated rings. The molecule has 0 bridgehead atoms. The zero-order valence-electron chi connectivity index (χ0n) is 10.00. The zero-order valence-corrected chi connectivity index (χ0v) is 10.8. The Bertz CT molecular complexity index is 251. The summed E-state index contributed by atoms with van der Waals surface area (Å²) < 4.78 is 0. The van der Waals surface area contributed by atoms with E-state index in [0.29, 0.717) is 6.04 Å². The molecule has 0 aromatic carbocycles. The van der Waals surface area contributed by atoms with Crippen LogP contribution >= 0.6 is 12.4 Å². The number of hydrogen-bond donors (Lipinski definition) is 2. The minimum absolute atomic E-state index is 0. The van der Waals surface area contributed by atoms with Crippen LogP contribution in [0.3, 0.4) is 0 Å². The van der Waals surface area contributed by atoms with Crippen LogP contribution in [-0.4, -0.2) is 17.5 Å². The summed E-state index contributed by atoms with van der Waals surface area (Å²) in [5, 5.41) is 3.12. The molecule has 2 atom stereocenters. The summed E-state index contributed by atoms with van der Waals surface area (Å²) in [5.41, 5.74) is 5.91. The Kier molecular flexibility index (Phi) is 4.62. The van der Waals surface area contributed by atoms with E-state index in [1.54, 1.807) is 0 Å². The molecule has 0 aromatic rings. The predicted octanol–water partition coefficient (Wildman–Crippen LogP) is 1.98. The van der Waals surface area contributed by atoms with Gasteiger partial charge in [0.05, 0.1) is 5.92 Å². The largest absolute Gasteiger partial charge is 0.353 e. The average Bonchev–Trinajstić information content (AvgIpc) is 2.10. The third-order valence-electron chi connectivity index (χ3n) is 4.02. The van der Waals surface area contributed by atoms with E-state index in [1.807, 2.05) is 6.92 Å². The highest BCUT2D eigenvalue weighted by molar-refractivity contribution is 5.85. The van der Waals surface area contributed by atoms with Crippen molar-refractivity contribution in [3.8, 4) is 0 Å². The molecular formula is C12H23ClN2O. The van der Waals surface area contributed by atoms with Crippen LogP contribution in [0.2, 0.25) is 0 Å². The van der Waals surface area contributed by atoms with E-state index in [9.17, 15) is 4.79 Å². The van der Waals surface area contributed by atoms with Crippen LogP contribution in [0.4, 0.5) is 0 Å². The number of rotatable bonds is 2. The fourth-order valence-corrected chi connectivity index (χ4v) is 2.64. The number of halogens is 1. The standard InChI is InChI=1S/C12H22N2O.ClH/c1-12(13)8-3-2-7-10(12)11(15)14-9-5-4-6-9;/h9-10H,2-8,13H2,1H3,(H,14,15);1H. The topological polar surface area (TPSA) is 55.1 Å². The summed E-state index contributed by atoms with van der Waals surface area (Å²) in [5.74, 6) is 0.233. The van der Waals surface area contributed by atoms with Crippen molar-refractivity contribution < 1.29 is 4.79 Å². The number of nitrogens with two attached hydrogens (primary N) is 1. The van der Waals surface area contributed by atoms with Gasteiger partial charge in [-0.1, -0.05) is 12.8 Å².